The highest BCUT2D eigenvalue weighted by molar-refractivity contribution is 5.48. The van der Waals surface area contributed by atoms with Crippen LogP contribution in [0.25, 0.3) is 0 Å². The Bertz CT molecular complexity index is 785. The highest BCUT2D eigenvalue weighted by Gasteiger charge is 2.03. The van der Waals surface area contributed by atoms with Crippen LogP contribution in [0.15, 0.2) is 78.9 Å². The topological polar surface area (TPSA) is 30.5 Å². The van der Waals surface area contributed by atoms with Crippen LogP contribution in [-0.4, -0.2) is 6.61 Å². The minimum Gasteiger partial charge on any atom is -0.493 e. The van der Waals surface area contributed by atoms with Crippen LogP contribution in [0.1, 0.15) is 24.5 Å². The smallest absolute Gasteiger partial charge is 0.124 e. The summed E-state index contributed by atoms with van der Waals surface area (Å²) in [6.07, 6.45) is 1.01. The standard InChI is InChI=1S/C23H25NO2/c1-2-16-25-23-11-7-6-10-20(23)17-24-21-12-14-22(15-13-21)26-18-19-8-4-3-5-9-19/h3-15,24H,2,16-18H2,1H3. The summed E-state index contributed by atoms with van der Waals surface area (Å²) in [7, 11) is 0. The molecule has 0 amide bonds. The van der Waals surface area contributed by atoms with Crippen molar-refractivity contribution in [2.45, 2.75) is 26.5 Å². The van der Waals surface area contributed by atoms with Gasteiger partial charge < -0.3 is 14.8 Å². The van der Waals surface area contributed by atoms with Crippen molar-refractivity contribution < 1.29 is 9.47 Å². The fourth-order valence-electron chi connectivity index (χ4n) is 2.61. The van der Waals surface area contributed by atoms with Gasteiger partial charge in [0.1, 0.15) is 18.1 Å². The second-order valence-corrected chi connectivity index (χ2v) is 6.11. The first-order valence-corrected chi connectivity index (χ1v) is 9.06. The monoisotopic (exact) mass is 347 g/mol. The van der Waals surface area contributed by atoms with E-state index in [1.807, 2.05) is 60.7 Å². The van der Waals surface area contributed by atoms with Crippen LogP contribution >= 0.6 is 0 Å². The zero-order valence-electron chi connectivity index (χ0n) is 15.2. The predicted octanol–water partition coefficient (Wildman–Crippen LogP) is 5.67. The third-order valence-corrected chi connectivity index (χ3v) is 4.02. The van der Waals surface area contributed by atoms with E-state index < -0.39 is 0 Å². The van der Waals surface area contributed by atoms with Gasteiger partial charge in [-0.1, -0.05) is 55.5 Å². The van der Waals surface area contributed by atoms with Crippen molar-refractivity contribution in [2.24, 2.45) is 0 Å². The summed E-state index contributed by atoms with van der Waals surface area (Å²) in [5, 5.41) is 3.44. The van der Waals surface area contributed by atoms with Crippen molar-refractivity contribution >= 4 is 5.69 Å². The van der Waals surface area contributed by atoms with E-state index in [0.29, 0.717) is 6.61 Å². The van der Waals surface area contributed by atoms with E-state index in [4.69, 9.17) is 9.47 Å². The summed E-state index contributed by atoms with van der Waals surface area (Å²) in [6.45, 7) is 4.16. The van der Waals surface area contributed by atoms with Gasteiger partial charge in [0.25, 0.3) is 0 Å². The maximum absolute atomic E-state index is 5.83. The minimum atomic E-state index is 0.579. The average molecular weight is 347 g/mol. The van der Waals surface area contributed by atoms with Crippen molar-refractivity contribution in [2.75, 3.05) is 11.9 Å². The van der Waals surface area contributed by atoms with E-state index >= 15 is 0 Å². The van der Waals surface area contributed by atoms with Gasteiger partial charge in [0.2, 0.25) is 0 Å². The molecule has 0 aliphatic heterocycles. The Morgan fingerprint density at radius 2 is 1.50 bits per heavy atom. The third kappa shape index (κ3) is 5.28. The number of nitrogens with one attached hydrogen (secondary N) is 1. The first-order chi connectivity index (χ1) is 12.8. The van der Waals surface area contributed by atoms with Crippen LogP contribution in [0.4, 0.5) is 5.69 Å². The Morgan fingerprint density at radius 3 is 2.27 bits per heavy atom. The Kier molecular flexibility index (Phi) is 6.54. The Balaban J connectivity index is 1.53. The summed E-state index contributed by atoms with van der Waals surface area (Å²) in [5.74, 6) is 1.82. The Labute approximate surface area is 155 Å². The van der Waals surface area contributed by atoms with Gasteiger partial charge in [-0.2, -0.15) is 0 Å². The van der Waals surface area contributed by atoms with Gasteiger partial charge in [-0.05, 0) is 42.3 Å². The molecule has 0 unspecified atom stereocenters. The average Bonchev–Trinajstić information content (AvgIpc) is 2.71. The van der Waals surface area contributed by atoms with Crippen molar-refractivity contribution in [3.63, 3.8) is 0 Å². The van der Waals surface area contributed by atoms with Crippen LogP contribution in [0.5, 0.6) is 11.5 Å². The SMILES string of the molecule is CCCOc1ccccc1CNc1ccc(OCc2ccccc2)cc1. The summed E-state index contributed by atoms with van der Waals surface area (Å²) in [4.78, 5) is 0. The summed E-state index contributed by atoms with van der Waals surface area (Å²) in [6, 6.07) is 26.4. The molecule has 1 N–H and O–H groups in total. The van der Waals surface area contributed by atoms with E-state index in [2.05, 4.69) is 30.4 Å². The van der Waals surface area contributed by atoms with E-state index in [1.165, 1.54) is 5.56 Å². The molecule has 0 bridgehead atoms. The maximum atomic E-state index is 5.83. The number of anilines is 1. The molecular weight excluding hydrogens is 322 g/mol. The molecule has 3 aromatic rings. The molecule has 0 saturated carbocycles. The molecule has 0 aliphatic carbocycles. The Hall–Kier alpha value is -2.94. The molecule has 3 aromatic carbocycles. The van der Waals surface area contributed by atoms with Gasteiger partial charge in [0, 0.05) is 17.8 Å². The van der Waals surface area contributed by atoms with Gasteiger partial charge in [-0.3, -0.25) is 0 Å². The number of hydrogen-bond donors (Lipinski definition) is 1. The maximum Gasteiger partial charge on any atom is 0.124 e. The predicted molar refractivity (Wildman–Crippen MR) is 107 cm³/mol. The largest absolute Gasteiger partial charge is 0.493 e. The first kappa shape index (κ1) is 17.9. The molecule has 26 heavy (non-hydrogen) atoms. The molecule has 0 heterocycles. The second kappa shape index (κ2) is 9.52. The fraction of sp³-hybridized carbons (Fsp3) is 0.217. The molecule has 0 spiro atoms. The molecule has 0 aromatic heterocycles. The minimum absolute atomic E-state index is 0.579. The van der Waals surface area contributed by atoms with Gasteiger partial charge in [0.05, 0.1) is 6.61 Å². The van der Waals surface area contributed by atoms with Crippen molar-refractivity contribution in [1.29, 1.82) is 0 Å². The van der Waals surface area contributed by atoms with Crippen LogP contribution < -0.4 is 14.8 Å². The van der Waals surface area contributed by atoms with Gasteiger partial charge in [0.15, 0.2) is 0 Å². The zero-order valence-corrected chi connectivity index (χ0v) is 15.2. The lowest BCUT2D eigenvalue weighted by atomic mass is 10.2. The lowest BCUT2D eigenvalue weighted by Gasteiger charge is -2.13. The molecule has 0 saturated heterocycles. The van der Waals surface area contributed by atoms with Crippen molar-refractivity contribution in [1.82, 2.24) is 0 Å². The molecule has 0 radical (unpaired) electrons. The van der Waals surface area contributed by atoms with Crippen molar-refractivity contribution in [3.05, 3.63) is 90.0 Å². The first-order valence-electron chi connectivity index (χ1n) is 9.06. The van der Waals surface area contributed by atoms with Crippen LogP contribution in [-0.2, 0) is 13.2 Å². The molecule has 3 nitrogen and oxygen atoms in total. The molecule has 0 fully saturated rings. The fourth-order valence-corrected chi connectivity index (χ4v) is 2.61. The molecule has 3 heteroatoms. The van der Waals surface area contributed by atoms with Crippen LogP contribution in [0.3, 0.4) is 0 Å². The third-order valence-electron chi connectivity index (χ3n) is 4.02. The number of rotatable bonds is 9. The van der Waals surface area contributed by atoms with Gasteiger partial charge in [-0.15, -0.1) is 0 Å². The summed E-state index contributed by atoms with van der Waals surface area (Å²) in [5.41, 5.74) is 3.38. The lowest BCUT2D eigenvalue weighted by Crippen LogP contribution is -2.04. The quantitative estimate of drug-likeness (QED) is 0.541. The highest BCUT2D eigenvalue weighted by atomic mass is 16.5. The van der Waals surface area contributed by atoms with E-state index in [1.54, 1.807) is 0 Å². The van der Waals surface area contributed by atoms with E-state index in [9.17, 15) is 0 Å². The molecule has 0 aliphatic rings. The number of para-hydroxylation sites is 1. The van der Waals surface area contributed by atoms with Gasteiger partial charge in [-0.25, -0.2) is 0 Å². The summed E-state index contributed by atoms with van der Waals surface area (Å²) < 4.78 is 11.6. The van der Waals surface area contributed by atoms with E-state index in [-0.39, 0.29) is 0 Å². The summed E-state index contributed by atoms with van der Waals surface area (Å²) >= 11 is 0. The highest BCUT2D eigenvalue weighted by Crippen LogP contribution is 2.21. The number of ether oxygens (including phenoxy) is 2. The van der Waals surface area contributed by atoms with Crippen LogP contribution in [0, 0.1) is 0 Å². The number of benzene rings is 3. The lowest BCUT2D eigenvalue weighted by molar-refractivity contribution is 0.306. The molecular formula is C23H25NO2. The normalized spacial score (nSPS) is 10.3. The van der Waals surface area contributed by atoms with E-state index in [0.717, 1.165) is 42.3 Å². The van der Waals surface area contributed by atoms with Crippen molar-refractivity contribution in [3.8, 4) is 11.5 Å². The molecule has 134 valence electrons. The number of hydrogen-bond acceptors (Lipinski definition) is 3. The van der Waals surface area contributed by atoms with Gasteiger partial charge >= 0.3 is 0 Å². The molecule has 3 rings (SSSR count). The molecule has 0 atom stereocenters. The van der Waals surface area contributed by atoms with Crippen LogP contribution in [0.2, 0.25) is 0 Å². The Morgan fingerprint density at radius 1 is 0.769 bits per heavy atom. The second-order valence-electron chi connectivity index (χ2n) is 6.11. The zero-order chi connectivity index (χ0) is 18.0.